The molecule has 28 heavy (non-hydrogen) atoms. The largest absolute Gasteiger partial charge is 0.361 e. The van der Waals surface area contributed by atoms with E-state index in [0.717, 1.165) is 24.2 Å². The maximum atomic E-state index is 12.8. The van der Waals surface area contributed by atoms with Crippen LogP contribution < -0.4 is 5.32 Å². The first-order valence-corrected chi connectivity index (χ1v) is 9.68. The van der Waals surface area contributed by atoms with Crippen molar-refractivity contribution in [2.45, 2.75) is 32.7 Å². The van der Waals surface area contributed by atoms with Crippen LogP contribution in [0.25, 0.3) is 0 Å². The minimum atomic E-state index is -0.337. The van der Waals surface area contributed by atoms with Crippen LogP contribution in [0.1, 0.15) is 22.6 Å². The van der Waals surface area contributed by atoms with Gasteiger partial charge in [-0.05, 0) is 25.8 Å². The summed E-state index contributed by atoms with van der Waals surface area (Å²) < 4.78 is 5.16. The molecule has 7 nitrogen and oxygen atoms in total. The second-order valence-corrected chi connectivity index (χ2v) is 7.22. The maximum absolute atomic E-state index is 12.8. The summed E-state index contributed by atoms with van der Waals surface area (Å²) in [5, 5.41) is 6.66. The molecule has 1 N–H and O–H groups in total. The Kier molecular flexibility index (Phi) is 6.46. The van der Waals surface area contributed by atoms with Crippen LogP contribution >= 0.6 is 0 Å². The number of amides is 2. The smallest absolute Gasteiger partial charge is 0.238 e. The molecule has 2 aromatic rings. The molecule has 3 rings (SSSR count). The first-order valence-electron chi connectivity index (χ1n) is 9.68. The normalized spacial score (nSPS) is 17.5. The van der Waals surface area contributed by atoms with Crippen LogP contribution in [0.3, 0.4) is 0 Å². The molecule has 0 spiro atoms. The minimum Gasteiger partial charge on any atom is -0.361 e. The van der Waals surface area contributed by atoms with E-state index in [1.165, 1.54) is 5.56 Å². The van der Waals surface area contributed by atoms with Crippen molar-refractivity contribution in [1.29, 1.82) is 0 Å². The number of rotatable bonds is 6. The highest BCUT2D eigenvalue weighted by Crippen LogP contribution is 2.17. The number of likely N-dealkylation sites (N-methyl/N-ethyl adjacent to an activating group) is 1. The molecule has 0 saturated carbocycles. The standard InChI is InChI=1S/C21H28N4O3/c1-15-18(16(2)28-23-15)13-20(26)25-12-11-24(19(14-25)21(27)22-3)10-9-17-7-5-4-6-8-17/h4-8,19H,9-14H2,1-3H3,(H,22,27)/t19-/m1/s1. The summed E-state index contributed by atoms with van der Waals surface area (Å²) in [6, 6.07) is 9.90. The van der Waals surface area contributed by atoms with Crippen molar-refractivity contribution in [3.8, 4) is 0 Å². The summed E-state index contributed by atoms with van der Waals surface area (Å²) in [5.74, 6) is 0.629. The van der Waals surface area contributed by atoms with Crippen LogP contribution in [0, 0.1) is 13.8 Å². The van der Waals surface area contributed by atoms with Crippen molar-refractivity contribution in [3.05, 3.63) is 52.9 Å². The molecule has 0 radical (unpaired) electrons. The van der Waals surface area contributed by atoms with Crippen molar-refractivity contribution in [2.75, 3.05) is 33.2 Å². The fraction of sp³-hybridized carbons (Fsp3) is 0.476. The lowest BCUT2D eigenvalue weighted by Crippen LogP contribution is -2.60. The van der Waals surface area contributed by atoms with Crippen LogP contribution in [-0.2, 0) is 22.4 Å². The molecule has 1 aromatic carbocycles. The van der Waals surface area contributed by atoms with E-state index >= 15 is 0 Å². The number of carbonyl (C=O) groups is 2. The Morgan fingerprint density at radius 2 is 1.96 bits per heavy atom. The Morgan fingerprint density at radius 1 is 1.21 bits per heavy atom. The average Bonchev–Trinajstić information content (AvgIpc) is 3.04. The van der Waals surface area contributed by atoms with Gasteiger partial charge in [0.15, 0.2) is 0 Å². The first-order chi connectivity index (χ1) is 13.5. The van der Waals surface area contributed by atoms with Crippen LogP contribution in [0.4, 0.5) is 0 Å². The third-order valence-electron chi connectivity index (χ3n) is 5.43. The molecule has 1 saturated heterocycles. The number of aromatic nitrogens is 1. The molecule has 1 aliphatic rings. The van der Waals surface area contributed by atoms with Gasteiger partial charge in [-0.15, -0.1) is 0 Å². The number of benzene rings is 1. The number of hydrogen-bond donors (Lipinski definition) is 1. The lowest BCUT2D eigenvalue weighted by molar-refractivity contribution is -0.137. The predicted molar refractivity (Wildman–Crippen MR) is 106 cm³/mol. The van der Waals surface area contributed by atoms with Gasteiger partial charge in [-0.25, -0.2) is 0 Å². The summed E-state index contributed by atoms with van der Waals surface area (Å²) in [6.07, 6.45) is 1.13. The highest BCUT2D eigenvalue weighted by molar-refractivity contribution is 5.84. The van der Waals surface area contributed by atoms with Crippen LogP contribution in [-0.4, -0.2) is 66.0 Å². The lowest BCUT2D eigenvalue weighted by Gasteiger charge is -2.40. The van der Waals surface area contributed by atoms with Gasteiger partial charge in [0.25, 0.3) is 0 Å². The van der Waals surface area contributed by atoms with Crippen molar-refractivity contribution >= 4 is 11.8 Å². The Labute approximate surface area is 165 Å². The van der Waals surface area contributed by atoms with E-state index in [2.05, 4.69) is 27.5 Å². The van der Waals surface area contributed by atoms with E-state index in [1.807, 2.05) is 32.0 Å². The highest BCUT2D eigenvalue weighted by Gasteiger charge is 2.33. The SMILES string of the molecule is CNC(=O)[C@H]1CN(C(=O)Cc2c(C)noc2C)CCN1CCc1ccccc1. The van der Waals surface area contributed by atoms with Crippen molar-refractivity contribution in [1.82, 2.24) is 20.3 Å². The topological polar surface area (TPSA) is 78.7 Å². The second-order valence-electron chi connectivity index (χ2n) is 7.22. The maximum Gasteiger partial charge on any atom is 0.238 e. The summed E-state index contributed by atoms with van der Waals surface area (Å²) in [7, 11) is 1.64. The molecular formula is C21H28N4O3. The summed E-state index contributed by atoms with van der Waals surface area (Å²) in [4.78, 5) is 29.2. The van der Waals surface area contributed by atoms with Crippen molar-refractivity contribution in [2.24, 2.45) is 0 Å². The summed E-state index contributed by atoms with van der Waals surface area (Å²) in [5.41, 5.74) is 2.83. The number of nitrogens with zero attached hydrogens (tertiary/aromatic N) is 3. The molecule has 0 aliphatic carbocycles. The van der Waals surface area contributed by atoms with E-state index in [1.54, 1.807) is 11.9 Å². The highest BCUT2D eigenvalue weighted by atomic mass is 16.5. The molecule has 1 aliphatic heterocycles. The molecule has 1 fully saturated rings. The van der Waals surface area contributed by atoms with Gasteiger partial charge >= 0.3 is 0 Å². The minimum absolute atomic E-state index is 0.00557. The van der Waals surface area contributed by atoms with Gasteiger partial charge in [0, 0.05) is 38.8 Å². The molecule has 7 heteroatoms. The first kappa shape index (κ1) is 20.1. The molecule has 2 amide bonds. The van der Waals surface area contributed by atoms with Crippen LogP contribution in [0.15, 0.2) is 34.9 Å². The monoisotopic (exact) mass is 384 g/mol. The Bertz CT molecular complexity index is 799. The number of aryl methyl sites for hydroxylation is 2. The molecule has 0 unspecified atom stereocenters. The molecule has 0 bridgehead atoms. The van der Waals surface area contributed by atoms with Gasteiger partial charge in [-0.3, -0.25) is 14.5 Å². The van der Waals surface area contributed by atoms with Crippen molar-refractivity contribution < 1.29 is 14.1 Å². The fourth-order valence-electron chi connectivity index (χ4n) is 3.66. The Hall–Kier alpha value is -2.67. The van der Waals surface area contributed by atoms with Gasteiger partial charge in [0.05, 0.1) is 12.1 Å². The van der Waals surface area contributed by atoms with Crippen LogP contribution in [0.2, 0.25) is 0 Å². The van der Waals surface area contributed by atoms with Crippen LogP contribution in [0.5, 0.6) is 0 Å². The van der Waals surface area contributed by atoms with E-state index in [0.29, 0.717) is 25.4 Å². The third kappa shape index (κ3) is 4.59. The van der Waals surface area contributed by atoms with E-state index in [-0.39, 0.29) is 24.3 Å². The zero-order chi connectivity index (χ0) is 20.1. The van der Waals surface area contributed by atoms with Crippen molar-refractivity contribution in [3.63, 3.8) is 0 Å². The van der Waals surface area contributed by atoms with Gasteiger partial charge in [0.2, 0.25) is 11.8 Å². The molecule has 1 aromatic heterocycles. The molecule has 1 atom stereocenters. The zero-order valence-corrected chi connectivity index (χ0v) is 16.8. The average molecular weight is 384 g/mol. The van der Waals surface area contributed by atoms with Gasteiger partial charge in [-0.1, -0.05) is 35.5 Å². The van der Waals surface area contributed by atoms with Gasteiger partial charge in [0.1, 0.15) is 11.8 Å². The Balaban J connectivity index is 1.64. The molecule has 150 valence electrons. The van der Waals surface area contributed by atoms with E-state index < -0.39 is 0 Å². The van der Waals surface area contributed by atoms with E-state index in [4.69, 9.17) is 4.52 Å². The quantitative estimate of drug-likeness (QED) is 0.813. The second kappa shape index (κ2) is 9.01. The number of piperazine rings is 1. The van der Waals surface area contributed by atoms with Gasteiger partial charge in [-0.2, -0.15) is 0 Å². The molecular weight excluding hydrogens is 356 g/mol. The number of nitrogens with one attached hydrogen (secondary N) is 1. The number of carbonyl (C=O) groups excluding carboxylic acids is 2. The molecule has 2 heterocycles. The zero-order valence-electron chi connectivity index (χ0n) is 16.8. The number of hydrogen-bond acceptors (Lipinski definition) is 5. The lowest BCUT2D eigenvalue weighted by atomic mass is 10.1. The summed E-state index contributed by atoms with van der Waals surface area (Å²) in [6.45, 7) is 6.14. The fourth-order valence-corrected chi connectivity index (χ4v) is 3.66. The predicted octanol–water partition coefficient (Wildman–Crippen LogP) is 1.34. The Morgan fingerprint density at radius 3 is 2.61 bits per heavy atom. The third-order valence-corrected chi connectivity index (χ3v) is 5.43. The summed E-state index contributed by atoms with van der Waals surface area (Å²) >= 11 is 0. The van der Waals surface area contributed by atoms with Gasteiger partial charge < -0.3 is 14.7 Å². The van der Waals surface area contributed by atoms with E-state index in [9.17, 15) is 9.59 Å².